The number of anilines is 1. The molecule has 2 aromatic carbocycles. The van der Waals surface area contributed by atoms with Crippen LogP contribution < -0.4 is 19.9 Å². The zero-order valence-corrected chi connectivity index (χ0v) is 19.7. The number of nitrogens with zero attached hydrogens (tertiary/aromatic N) is 3. The highest BCUT2D eigenvalue weighted by Crippen LogP contribution is 2.36. The monoisotopic (exact) mass is 483 g/mol. The van der Waals surface area contributed by atoms with Crippen LogP contribution in [0.3, 0.4) is 0 Å². The average Bonchev–Trinajstić information content (AvgIpc) is 3.57. The summed E-state index contributed by atoms with van der Waals surface area (Å²) in [5, 5.41) is 8.75. The molecule has 0 aliphatic heterocycles. The minimum Gasteiger partial charge on any atom is -0.496 e. The number of nitrogens with one attached hydrogen (secondary N) is 1. The van der Waals surface area contributed by atoms with E-state index in [1.165, 1.54) is 7.11 Å². The fourth-order valence-corrected chi connectivity index (χ4v) is 5.51. The molecular formula is C23H25N5O5S. The van der Waals surface area contributed by atoms with Gasteiger partial charge in [0.2, 0.25) is 0 Å². The molecule has 1 aliphatic rings. The van der Waals surface area contributed by atoms with Gasteiger partial charge in [-0.3, -0.25) is 9.40 Å². The Morgan fingerprint density at radius 2 is 1.88 bits per heavy atom. The van der Waals surface area contributed by atoms with E-state index in [9.17, 15) is 8.42 Å². The highest BCUT2D eigenvalue weighted by atomic mass is 32.2. The second kappa shape index (κ2) is 8.65. The highest BCUT2D eigenvalue weighted by Gasteiger charge is 2.26. The molecule has 0 saturated heterocycles. The molecule has 0 spiro atoms. The van der Waals surface area contributed by atoms with Crippen LogP contribution >= 0.6 is 0 Å². The van der Waals surface area contributed by atoms with E-state index >= 15 is 0 Å². The zero-order valence-electron chi connectivity index (χ0n) is 18.9. The maximum atomic E-state index is 13.3. The average molecular weight is 484 g/mol. The third-order valence-corrected chi connectivity index (χ3v) is 7.39. The van der Waals surface area contributed by atoms with Crippen LogP contribution in [0.25, 0.3) is 11.0 Å². The van der Waals surface area contributed by atoms with Gasteiger partial charge in [0.1, 0.15) is 16.4 Å². The second-order valence-electron chi connectivity index (χ2n) is 8.17. The molecule has 3 N–H and O–H groups in total. The van der Waals surface area contributed by atoms with E-state index < -0.39 is 10.0 Å². The first-order valence-electron chi connectivity index (χ1n) is 10.8. The lowest BCUT2D eigenvalue weighted by molar-refractivity contribution is 0.402. The van der Waals surface area contributed by atoms with E-state index in [4.69, 9.17) is 19.7 Å². The number of hydrogen-bond acceptors (Lipinski definition) is 8. The number of nitrogens with two attached hydrogens (primary N) is 1. The quantitative estimate of drug-likeness (QED) is 0.391. The predicted octanol–water partition coefficient (Wildman–Crippen LogP) is 2.84. The van der Waals surface area contributed by atoms with E-state index in [0.29, 0.717) is 35.6 Å². The summed E-state index contributed by atoms with van der Waals surface area (Å²) in [6, 6.07) is 6.95. The van der Waals surface area contributed by atoms with E-state index in [1.54, 1.807) is 42.3 Å². The third-order valence-electron chi connectivity index (χ3n) is 6.03. The van der Waals surface area contributed by atoms with Crippen LogP contribution in [0.5, 0.6) is 11.5 Å². The first-order valence-corrected chi connectivity index (χ1v) is 12.3. The summed E-state index contributed by atoms with van der Waals surface area (Å²) >= 11 is 0. The molecule has 0 radical (unpaired) electrons. The lowest BCUT2D eigenvalue weighted by atomic mass is 10.1. The van der Waals surface area contributed by atoms with Gasteiger partial charge in [-0.05, 0) is 54.7 Å². The Kier molecular flexibility index (Phi) is 5.66. The number of hydrogen-bond donors (Lipinski definition) is 2. The van der Waals surface area contributed by atoms with E-state index in [1.807, 2.05) is 6.20 Å². The fraction of sp³-hybridized carbons (Fsp3) is 0.304. The SMILES string of the molecule is COc1cc2c(NS(=O)(=O)c3cc4c(cc3OC)CCC4)noc2cc1Cn1cc(CN)cn1. The summed E-state index contributed by atoms with van der Waals surface area (Å²) in [6.45, 7) is 0.823. The lowest BCUT2D eigenvalue weighted by Crippen LogP contribution is -2.15. The number of benzene rings is 2. The Morgan fingerprint density at radius 3 is 2.59 bits per heavy atom. The summed E-state index contributed by atoms with van der Waals surface area (Å²) in [7, 11) is -0.972. The van der Waals surface area contributed by atoms with Crippen molar-refractivity contribution in [3.05, 3.63) is 58.9 Å². The van der Waals surface area contributed by atoms with Crippen LogP contribution in [-0.4, -0.2) is 37.6 Å². The summed E-state index contributed by atoms with van der Waals surface area (Å²) in [4.78, 5) is 0.0739. The van der Waals surface area contributed by atoms with Gasteiger partial charge >= 0.3 is 0 Å². The van der Waals surface area contributed by atoms with Crippen molar-refractivity contribution in [3.63, 3.8) is 0 Å². The maximum absolute atomic E-state index is 13.3. The van der Waals surface area contributed by atoms with Crippen molar-refractivity contribution in [1.29, 1.82) is 0 Å². The standard InChI is InChI=1S/C23H25N5O5S/c1-31-19-9-18-20(7-17(19)13-28-12-14(10-24)11-25-28)33-26-23(18)27-34(29,30)22-8-16-5-3-4-15(16)6-21(22)32-2/h6-9,11-12H,3-5,10,13,24H2,1-2H3,(H,26,27). The van der Waals surface area contributed by atoms with Gasteiger partial charge in [-0.15, -0.1) is 0 Å². The van der Waals surface area contributed by atoms with Crippen LogP contribution in [0, 0.1) is 0 Å². The summed E-state index contributed by atoms with van der Waals surface area (Å²) in [5.41, 5.74) is 9.94. The lowest BCUT2D eigenvalue weighted by Gasteiger charge is -2.13. The molecule has 0 atom stereocenters. The number of aromatic nitrogens is 3. The van der Waals surface area contributed by atoms with E-state index in [0.717, 1.165) is 41.5 Å². The van der Waals surface area contributed by atoms with Crippen LogP contribution in [0.4, 0.5) is 5.82 Å². The molecule has 1 aliphatic carbocycles. The molecule has 34 heavy (non-hydrogen) atoms. The van der Waals surface area contributed by atoms with Crippen LogP contribution in [0.2, 0.25) is 0 Å². The van der Waals surface area contributed by atoms with Gasteiger partial charge in [0, 0.05) is 23.9 Å². The number of methoxy groups -OCH3 is 2. The molecule has 0 saturated carbocycles. The summed E-state index contributed by atoms with van der Waals surface area (Å²) < 4.78 is 47.3. The summed E-state index contributed by atoms with van der Waals surface area (Å²) in [5.74, 6) is 0.930. The van der Waals surface area contributed by atoms with Crippen LogP contribution in [-0.2, 0) is 36.0 Å². The minimum atomic E-state index is -3.98. The molecular weight excluding hydrogens is 458 g/mol. The van der Waals surface area contributed by atoms with Gasteiger partial charge in [0.15, 0.2) is 11.4 Å². The van der Waals surface area contributed by atoms with Crippen molar-refractivity contribution in [2.75, 3.05) is 18.9 Å². The van der Waals surface area contributed by atoms with E-state index in [-0.39, 0.29) is 10.7 Å². The maximum Gasteiger partial charge on any atom is 0.266 e. The van der Waals surface area contributed by atoms with Crippen molar-refractivity contribution in [1.82, 2.24) is 14.9 Å². The molecule has 2 heterocycles. The topological polar surface area (TPSA) is 134 Å². The van der Waals surface area contributed by atoms with Crippen molar-refractivity contribution in [2.24, 2.45) is 5.73 Å². The number of aryl methyl sites for hydroxylation is 2. The van der Waals surface area contributed by atoms with Crippen molar-refractivity contribution < 1.29 is 22.4 Å². The fourth-order valence-electron chi connectivity index (χ4n) is 4.30. The molecule has 0 fully saturated rings. The number of ether oxygens (including phenoxy) is 2. The molecule has 5 rings (SSSR count). The molecule has 10 nitrogen and oxygen atoms in total. The van der Waals surface area contributed by atoms with Crippen LogP contribution in [0.1, 0.15) is 28.7 Å². The zero-order chi connectivity index (χ0) is 23.9. The molecule has 2 aromatic heterocycles. The predicted molar refractivity (Wildman–Crippen MR) is 126 cm³/mol. The Labute approximate surface area is 196 Å². The van der Waals surface area contributed by atoms with Gasteiger partial charge in [0.25, 0.3) is 10.0 Å². The Bertz CT molecular complexity index is 1470. The van der Waals surface area contributed by atoms with Gasteiger partial charge in [-0.1, -0.05) is 5.16 Å². The van der Waals surface area contributed by atoms with Gasteiger partial charge in [-0.2, -0.15) is 5.10 Å². The molecule has 4 aromatic rings. The largest absolute Gasteiger partial charge is 0.496 e. The Balaban J connectivity index is 1.49. The smallest absolute Gasteiger partial charge is 0.266 e. The Morgan fingerprint density at radius 1 is 1.12 bits per heavy atom. The molecule has 0 amide bonds. The molecule has 178 valence electrons. The normalized spacial score (nSPS) is 13.3. The van der Waals surface area contributed by atoms with Gasteiger partial charge in [-0.25, -0.2) is 8.42 Å². The number of rotatable bonds is 8. The van der Waals surface area contributed by atoms with Crippen molar-refractivity contribution in [2.45, 2.75) is 37.2 Å². The van der Waals surface area contributed by atoms with Crippen molar-refractivity contribution in [3.8, 4) is 11.5 Å². The highest BCUT2D eigenvalue weighted by molar-refractivity contribution is 7.92. The first kappa shape index (κ1) is 22.2. The Hall–Kier alpha value is -3.57. The molecule has 0 bridgehead atoms. The van der Waals surface area contributed by atoms with E-state index in [2.05, 4.69) is 15.0 Å². The number of fused-ring (bicyclic) bond motifs is 2. The van der Waals surface area contributed by atoms with Crippen molar-refractivity contribution >= 4 is 26.8 Å². The second-order valence-corrected chi connectivity index (χ2v) is 9.82. The third kappa shape index (κ3) is 3.97. The minimum absolute atomic E-state index is 0.0739. The molecule has 11 heteroatoms. The summed E-state index contributed by atoms with van der Waals surface area (Å²) in [6.07, 6.45) is 6.32. The first-order chi connectivity index (χ1) is 16.4. The molecule has 0 unspecified atom stereocenters. The van der Waals surface area contributed by atoms with Gasteiger partial charge in [0.05, 0.1) is 32.3 Å². The van der Waals surface area contributed by atoms with Crippen LogP contribution in [0.15, 0.2) is 46.1 Å². The number of sulfonamides is 1. The van der Waals surface area contributed by atoms with Gasteiger partial charge < -0.3 is 19.7 Å².